The predicted octanol–water partition coefficient (Wildman–Crippen LogP) is 5.47. The highest BCUT2D eigenvalue weighted by molar-refractivity contribution is 6.30. The van der Waals surface area contributed by atoms with Gasteiger partial charge in [-0.15, -0.1) is 0 Å². The number of carbonyl (C=O) groups is 1. The van der Waals surface area contributed by atoms with Crippen LogP contribution in [0.3, 0.4) is 0 Å². The maximum Gasteiger partial charge on any atom is 0.433 e. The van der Waals surface area contributed by atoms with E-state index in [9.17, 15) is 18.0 Å². The second kappa shape index (κ2) is 7.91. The Morgan fingerprint density at radius 3 is 2.60 bits per heavy atom. The van der Waals surface area contributed by atoms with Gasteiger partial charge in [-0.1, -0.05) is 30.7 Å². The number of fused-ring (bicyclic) bond motifs is 1. The lowest BCUT2D eigenvalue weighted by Crippen LogP contribution is -2.43. The molecule has 1 amide bonds. The van der Waals surface area contributed by atoms with Crippen LogP contribution in [0.15, 0.2) is 36.4 Å². The van der Waals surface area contributed by atoms with E-state index in [1.54, 1.807) is 29.2 Å². The van der Waals surface area contributed by atoms with E-state index in [4.69, 9.17) is 11.6 Å². The minimum atomic E-state index is -4.66. The lowest BCUT2D eigenvalue weighted by atomic mass is 9.99. The van der Waals surface area contributed by atoms with Crippen molar-refractivity contribution in [2.75, 3.05) is 6.54 Å². The summed E-state index contributed by atoms with van der Waals surface area (Å²) in [5.41, 5.74) is -0.412. The largest absolute Gasteiger partial charge is 0.433 e. The van der Waals surface area contributed by atoms with E-state index in [0.29, 0.717) is 21.6 Å². The fourth-order valence-corrected chi connectivity index (χ4v) is 4.01. The second-order valence-electron chi connectivity index (χ2n) is 7.39. The molecule has 3 heterocycles. The molecule has 0 N–H and O–H groups in total. The molecule has 30 heavy (non-hydrogen) atoms. The van der Waals surface area contributed by atoms with Gasteiger partial charge in [0.25, 0.3) is 5.91 Å². The van der Waals surface area contributed by atoms with Crippen LogP contribution in [0, 0.1) is 0 Å². The number of hydrogen-bond donors (Lipinski definition) is 0. The van der Waals surface area contributed by atoms with E-state index in [1.807, 2.05) is 6.92 Å². The molecular weight excluding hydrogens is 417 g/mol. The van der Waals surface area contributed by atoms with Crippen LogP contribution >= 0.6 is 11.6 Å². The number of aromatic nitrogens is 3. The highest BCUT2D eigenvalue weighted by Gasteiger charge is 2.36. The molecule has 158 valence electrons. The number of piperidine rings is 1. The van der Waals surface area contributed by atoms with Gasteiger partial charge in [0.2, 0.25) is 0 Å². The van der Waals surface area contributed by atoms with Gasteiger partial charge in [-0.3, -0.25) is 4.79 Å². The molecule has 1 saturated heterocycles. The molecular formula is C21H20ClF3N4O. The molecule has 1 aromatic carbocycles. The first-order valence-corrected chi connectivity index (χ1v) is 10.2. The first kappa shape index (κ1) is 20.7. The normalized spacial score (nSPS) is 17.5. The lowest BCUT2D eigenvalue weighted by Gasteiger charge is -2.34. The van der Waals surface area contributed by atoms with E-state index in [1.165, 1.54) is 6.07 Å². The number of benzene rings is 1. The van der Waals surface area contributed by atoms with Crippen molar-refractivity contribution in [3.05, 3.63) is 52.8 Å². The van der Waals surface area contributed by atoms with Gasteiger partial charge >= 0.3 is 6.18 Å². The summed E-state index contributed by atoms with van der Waals surface area (Å²) in [5.74, 6) is -0.354. The Kier molecular flexibility index (Phi) is 5.44. The highest BCUT2D eigenvalue weighted by Crippen LogP contribution is 2.33. The number of halogens is 4. The van der Waals surface area contributed by atoms with Crippen LogP contribution in [-0.4, -0.2) is 38.0 Å². The number of alkyl halides is 3. The zero-order chi connectivity index (χ0) is 21.5. The number of hydrogen-bond acceptors (Lipinski definition) is 3. The zero-order valence-electron chi connectivity index (χ0n) is 16.3. The Morgan fingerprint density at radius 2 is 1.93 bits per heavy atom. The molecule has 9 heteroatoms. The number of amides is 1. The maximum atomic E-state index is 13.8. The van der Waals surface area contributed by atoms with Crippen LogP contribution in [0.2, 0.25) is 5.02 Å². The molecule has 0 radical (unpaired) electrons. The highest BCUT2D eigenvalue weighted by atomic mass is 35.5. The van der Waals surface area contributed by atoms with E-state index < -0.39 is 11.9 Å². The van der Waals surface area contributed by atoms with Crippen LogP contribution in [-0.2, 0) is 6.18 Å². The Morgan fingerprint density at radius 1 is 1.20 bits per heavy atom. The van der Waals surface area contributed by atoms with Crippen molar-refractivity contribution in [3.8, 4) is 11.3 Å². The molecule has 3 aromatic rings. The van der Waals surface area contributed by atoms with Crippen molar-refractivity contribution in [2.24, 2.45) is 0 Å². The summed E-state index contributed by atoms with van der Waals surface area (Å²) < 4.78 is 42.0. The van der Waals surface area contributed by atoms with E-state index in [-0.39, 0.29) is 29.0 Å². The van der Waals surface area contributed by atoms with Crippen LogP contribution in [0.5, 0.6) is 0 Å². The maximum absolute atomic E-state index is 13.8. The summed E-state index contributed by atoms with van der Waals surface area (Å²) in [6, 6.07) is 8.72. The molecule has 2 aromatic heterocycles. The molecule has 1 atom stereocenters. The summed E-state index contributed by atoms with van der Waals surface area (Å²) in [5, 5.41) is 4.47. The van der Waals surface area contributed by atoms with Gasteiger partial charge < -0.3 is 4.90 Å². The lowest BCUT2D eigenvalue weighted by molar-refractivity contribution is -0.142. The van der Waals surface area contributed by atoms with Gasteiger partial charge in [-0.05, 0) is 43.9 Å². The smallest absolute Gasteiger partial charge is 0.334 e. The molecule has 4 rings (SSSR count). The second-order valence-corrected chi connectivity index (χ2v) is 7.82. The van der Waals surface area contributed by atoms with Gasteiger partial charge in [0.1, 0.15) is 0 Å². The van der Waals surface area contributed by atoms with Crippen LogP contribution < -0.4 is 0 Å². The van der Waals surface area contributed by atoms with Crippen molar-refractivity contribution >= 4 is 23.2 Å². The van der Waals surface area contributed by atoms with Crippen molar-refractivity contribution in [1.29, 1.82) is 0 Å². The van der Waals surface area contributed by atoms with Gasteiger partial charge in [0.15, 0.2) is 17.0 Å². The third-order valence-electron chi connectivity index (χ3n) is 5.44. The molecule has 5 nitrogen and oxygen atoms in total. The van der Waals surface area contributed by atoms with Crippen LogP contribution in [0.25, 0.3) is 16.9 Å². The quantitative estimate of drug-likeness (QED) is 0.546. The van der Waals surface area contributed by atoms with Gasteiger partial charge in [-0.2, -0.15) is 18.3 Å². The van der Waals surface area contributed by atoms with Crippen LogP contribution in [0.1, 0.15) is 48.8 Å². The van der Waals surface area contributed by atoms with Gasteiger partial charge in [-0.25, -0.2) is 9.50 Å². The van der Waals surface area contributed by atoms with Crippen molar-refractivity contribution in [3.63, 3.8) is 0 Å². The van der Waals surface area contributed by atoms with Gasteiger partial charge in [0, 0.05) is 29.2 Å². The fourth-order valence-electron chi connectivity index (χ4n) is 3.89. The molecule has 1 aliphatic heterocycles. The van der Waals surface area contributed by atoms with Gasteiger partial charge in [0.05, 0.1) is 5.69 Å². The summed E-state index contributed by atoms with van der Waals surface area (Å²) in [6.45, 7) is 2.59. The standard InChI is InChI=1S/C21H20ClF3N4O/c1-2-15-5-3-4-10-28(15)20(30)17-12-19-26-16(13-6-8-14(22)9-7-13)11-18(21(23,24)25)29(19)27-17/h6-9,11-12,15H,2-5,10H2,1H3. The summed E-state index contributed by atoms with van der Waals surface area (Å²) >= 11 is 5.88. The number of likely N-dealkylation sites (tertiary alicyclic amines) is 1. The van der Waals surface area contributed by atoms with Crippen molar-refractivity contribution < 1.29 is 18.0 Å². The average molecular weight is 437 g/mol. The minimum absolute atomic E-state index is 0.0248. The van der Waals surface area contributed by atoms with Crippen LogP contribution in [0.4, 0.5) is 13.2 Å². The minimum Gasteiger partial charge on any atom is -0.334 e. The van der Waals surface area contributed by atoms with E-state index in [0.717, 1.165) is 31.7 Å². The monoisotopic (exact) mass is 436 g/mol. The molecule has 1 fully saturated rings. The molecule has 0 aliphatic carbocycles. The Labute approximate surface area is 176 Å². The summed E-state index contributed by atoms with van der Waals surface area (Å²) in [7, 11) is 0. The van der Waals surface area contributed by atoms with Crippen molar-refractivity contribution in [2.45, 2.75) is 44.8 Å². The third-order valence-corrected chi connectivity index (χ3v) is 5.69. The van der Waals surface area contributed by atoms with Crippen molar-refractivity contribution in [1.82, 2.24) is 19.5 Å². The van der Waals surface area contributed by atoms with E-state index in [2.05, 4.69) is 10.1 Å². The molecule has 0 saturated carbocycles. The summed E-state index contributed by atoms with van der Waals surface area (Å²) in [4.78, 5) is 19.1. The molecule has 0 spiro atoms. The Hall–Kier alpha value is -2.61. The fraction of sp³-hybridized carbons (Fsp3) is 0.381. The predicted molar refractivity (Wildman–Crippen MR) is 107 cm³/mol. The average Bonchev–Trinajstić information content (AvgIpc) is 3.16. The first-order valence-electron chi connectivity index (χ1n) is 9.83. The molecule has 0 bridgehead atoms. The van der Waals surface area contributed by atoms with E-state index >= 15 is 0 Å². The topological polar surface area (TPSA) is 50.5 Å². The first-order chi connectivity index (χ1) is 14.3. The SMILES string of the molecule is CCC1CCCCN1C(=O)c1cc2nc(-c3ccc(Cl)cc3)cc(C(F)(F)F)n2n1. The molecule has 1 aliphatic rings. The summed E-state index contributed by atoms with van der Waals surface area (Å²) in [6.07, 6.45) is -1.06. The number of rotatable bonds is 3. The Bertz CT molecular complexity index is 1080. The number of nitrogens with zero attached hydrogens (tertiary/aromatic N) is 4. The zero-order valence-corrected chi connectivity index (χ0v) is 17.0. The number of carbonyl (C=O) groups excluding carboxylic acids is 1. The molecule has 1 unspecified atom stereocenters. The third kappa shape index (κ3) is 3.88. The Balaban J connectivity index is 1.81.